The summed E-state index contributed by atoms with van der Waals surface area (Å²) in [6, 6.07) is 5.37. The summed E-state index contributed by atoms with van der Waals surface area (Å²) in [4.78, 5) is 16.7. The lowest BCUT2D eigenvalue weighted by Crippen LogP contribution is -2.38. The Bertz CT molecular complexity index is 673. The average Bonchev–Trinajstić information content (AvgIpc) is 2.75. The highest BCUT2D eigenvalue weighted by Crippen LogP contribution is 2.43. The predicted molar refractivity (Wildman–Crippen MR) is 75.8 cm³/mol. The van der Waals surface area contributed by atoms with E-state index in [1.807, 2.05) is 39.0 Å². The molecule has 2 aromatic heterocycles. The number of hydrogen-bond acceptors (Lipinski definition) is 4. The summed E-state index contributed by atoms with van der Waals surface area (Å²) in [5.41, 5.74) is 8.30. The molecule has 0 amide bonds. The molecule has 2 aromatic rings. The molecule has 0 aromatic carbocycles. The number of rotatable bonds is 1. The zero-order valence-electron chi connectivity index (χ0n) is 11.9. The van der Waals surface area contributed by atoms with E-state index in [9.17, 15) is 4.79 Å². The number of pyridine rings is 1. The van der Waals surface area contributed by atoms with Gasteiger partial charge in [-0.15, -0.1) is 0 Å². The molecule has 0 fully saturated rings. The van der Waals surface area contributed by atoms with Gasteiger partial charge in [-0.3, -0.25) is 4.79 Å². The zero-order chi connectivity index (χ0) is 14.5. The Morgan fingerprint density at radius 3 is 2.80 bits per heavy atom. The molecule has 5 nitrogen and oxygen atoms in total. The van der Waals surface area contributed by atoms with E-state index in [0.29, 0.717) is 17.8 Å². The number of fused-ring (bicyclic) bond motifs is 1. The van der Waals surface area contributed by atoms with Gasteiger partial charge in [0.05, 0.1) is 23.0 Å². The Morgan fingerprint density at radius 2 is 2.15 bits per heavy atom. The maximum Gasteiger partial charge on any atom is 0.167 e. The molecule has 2 N–H and O–H groups in total. The number of ketones is 1. The molecule has 0 spiro atoms. The SMILES string of the molecule is Cc1nn(-c2ccccn2)c2c1C(=O)CC(C)(C)[C@H]2N. The van der Waals surface area contributed by atoms with Crippen LogP contribution in [0.1, 0.15) is 48.1 Å². The van der Waals surface area contributed by atoms with Gasteiger partial charge in [0, 0.05) is 12.6 Å². The number of nitrogens with two attached hydrogens (primary N) is 1. The van der Waals surface area contributed by atoms with Gasteiger partial charge in [0.1, 0.15) is 0 Å². The molecular weight excluding hydrogens is 252 g/mol. The van der Waals surface area contributed by atoms with Crippen molar-refractivity contribution < 1.29 is 4.79 Å². The zero-order valence-corrected chi connectivity index (χ0v) is 11.9. The highest BCUT2D eigenvalue weighted by atomic mass is 16.1. The van der Waals surface area contributed by atoms with Crippen LogP contribution in [0.25, 0.3) is 5.82 Å². The Morgan fingerprint density at radius 1 is 1.40 bits per heavy atom. The minimum atomic E-state index is -0.275. The van der Waals surface area contributed by atoms with E-state index in [4.69, 9.17) is 5.73 Å². The Kier molecular flexibility index (Phi) is 2.76. The highest BCUT2D eigenvalue weighted by Gasteiger charge is 2.42. The van der Waals surface area contributed by atoms with Gasteiger partial charge in [-0.1, -0.05) is 19.9 Å². The van der Waals surface area contributed by atoms with E-state index in [2.05, 4.69) is 10.1 Å². The molecule has 0 saturated heterocycles. The van der Waals surface area contributed by atoms with Gasteiger partial charge in [0.15, 0.2) is 11.6 Å². The van der Waals surface area contributed by atoms with Crippen molar-refractivity contribution in [2.45, 2.75) is 33.2 Å². The first kappa shape index (κ1) is 13.0. The van der Waals surface area contributed by atoms with Crippen LogP contribution < -0.4 is 5.73 Å². The Balaban J connectivity index is 2.26. The van der Waals surface area contributed by atoms with E-state index < -0.39 is 0 Å². The van der Waals surface area contributed by atoms with Crippen LogP contribution in [0.3, 0.4) is 0 Å². The second-order valence-electron chi connectivity index (χ2n) is 6.01. The minimum Gasteiger partial charge on any atom is -0.322 e. The quantitative estimate of drug-likeness (QED) is 0.862. The van der Waals surface area contributed by atoms with Crippen LogP contribution in [0.4, 0.5) is 0 Å². The Labute approximate surface area is 117 Å². The standard InChI is InChI=1S/C15H18N4O/c1-9-12-10(20)8-15(2,3)14(16)13(12)19(18-9)11-6-4-5-7-17-11/h4-7,14H,8,16H2,1-3H3/t14-/m0/s1. The molecular formula is C15H18N4O. The summed E-state index contributed by atoms with van der Waals surface area (Å²) in [6.07, 6.45) is 2.16. The number of hydrogen-bond donors (Lipinski definition) is 1. The first-order valence-electron chi connectivity index (χ1n) is 6.71. The molecule has 0 saturated carbocycles. The minimum absolute atomic E-state index is 0.117. The largest absolute Gasteiger partial charge is 0.322 e. The third-order valence-corrected chi connectivity index (χ3v) is 3.99. The molecule has 2 heterocycles. The van der Waals surface area contributed by atoms with Crippen LogP contribution in [-0.4, -0.2) is 20.5 Å². The van der Waals surface area contributed by atoms with Gasteiger partial charge in [-0.2, -0.15) is 5.10 Å². The summed E-state index contributed by atoms with van der Waals surface area (Å²) in [7, 11) is 0. The molecule has 20 heavy (non-hydrogen) atoms. The number of Topliss-reactive ketones (excluding diaryl/α,β-unsaturated/α-hetero) is 1. The molecule has 3 rings (SSSR count). The summed E-state index contributed by atoms with van der Waals surface area (Å²) >= 11 is 0. The fourth-order valence-electron chi connectivity index (χ4n) is 2.81. The number of carbonyl (C=O) groups excluding carboxylic acids is 1. The number of nitrogens with zero attached hydrogens (tertiary/aromatic N) is 3. The number of carbonyl (C=O) groups is 1. The van der Waals surface area contributed by atoms with Crippen molar-refractivity contribution in [3.8, 4) is 5.82 Å². The summed E-state index contributed by atoms with van der Waals surface area (Å²) in [5, 5.41) is 4.48. The Hall–Kier alpha value is -2.01. The molecule has 1 aliphatic carbocycles. The van der Waals surface area contributed by atoms with Gasteiger partial charge >= 0.3 is 0 Å². The third kappa shape index (κ3) is 1.78. The monoisotopic (exact) mass is 270 g/mol. The second-order valence-corrected chi connectivity index (χ2v) is 6.01. The van der Waals surface area contributed by atoms with E-state index in [0.717, 1.165) is 11.4 Å². The normalized spacial score (nSPS) is 20.8. The maximum absolute atomic E-state index is 12.4. The second kappa shape index (κ2) is 4.24. The van der Waals surface area contributed by atoms with E-state index in [1.165, 1.54) is 0 Å². The number of aromatic nitrogens is 3. The van der Waals surface area contributed by atoms with Crippen LogP contribution in [-0.2, 0) is 0 Å². The van der Waals surface area contributed by atoms with Gasteiger partial charge < -0.3 is 5.73 Å². The molecule has 1 aliphatic rings. The van der Waals surface area contributed by atoms with Crippen molar-refractivity contribution in [2.75, 3.05) is 0 Å². The highest BCUT2D eigenvalue weighted by molar-refractivity contribution is 6.00. The van der Waals surface area contributed by atoms with Crippen LogP contribution in [0.15, 0.2) is 24.4 Å². The summed E-state index contributed by atoms with van der Waals surface area (Å²) in [5.74, 6) is 0.809. The van der Waals surface area contributed by atoms with Crippen molar-refractivity contribution in [1.82, 2.24) is 14.8 Å². The third-order valence-electron chi connectivity index (χ3n) is 3.99. The van der Waals surface area contributed by atoms with Gasteiger partial charge in [-0.25, -0.2) is 9.67 Å². The van der Waals surface area contributed by atoms with Crippen molar-refractivity contribution in [3.05, 3.63) is 41.3 Å². The smallest absolute Gasteiger partial charge is 0.167 e. The van der Waals surface area contributed by atoms with E-state index in [1.54, 1.807) is 10.9 Å². The van der Waals surface area contributed by atoms with Crippen molar-refractivity contribution in [1.29, 1.82) is 0 Å². The summed E-state index contributed by atoms with van der Waals surface area (Å²) in [6.45, 7) is 5.88. The van der Waals surface area contributed by atoms with Crippen molar-refractivity contribution >= 4 is 5.78 Å². The molecule has 104 valence electrons. The van der Waals surface area contributed by atoms with Crippen molar-refractivity contribution in [2.24, 2.45) is 11.1 Å². The van der Waals surface area contributed by atoms with Gasteiger partial charge in [-0.05, 0) is 24.5 Å². The van der Waals surface area contributed by atoms with E-state index >= 15 is 0 Å². The number of aryl methyl sites for hydroxylation is 1. The molecule has 5 heteroatoms. The first-order valence-corrected chi connectivity index (χ1v) is 6.71. The van der Waals surface area contributed by atoms with Crippen molar-refractivity contribution in [3.63, 3.8) is 0 Å². The molecule has 0 unspecified atom stereocenters. The average molecular weight is 270 g/mol. The lowest BCUT2D eigenvalue weighted by atomic mass is 9.72. The van der Waals surface area contributed by atoms with Crippen LogP contribution in [0.2, 0.25) is 0 Å². The van der Waals surface area contributed by atoms with E-state index in [-0.39, 0.29) is 17.2 Å². The molecule has 0 aliphatic heterocycles. The van der Waals surface area contributed by atoms with Gasteiger partial charge in [0.2, 0.25) is 0 Å². The summed E-state index contributed by atoms with van der Waals surface area (Å²) < 4.78 is 1.72. The fourth-order valence-corrected chi connectivity index (χ4v) is 2.81. The molecule has 0 radical (unpaired) electrons. The maximum atomic E-state index is 12.4. The lowest BCUT2D eigenvalue weighted by molar-refractivity contribution is 0.0881. The van der Waals surface area contributed by atoms with Crippen LogP contribution >= 0.6 is 0 Å². The first-order chi connectivity index (χ1) is 9.42. The lowest BCUT2D eigenvalue weighted by Gasteiger charge is -2.35. The van der Waals surface area contributed by atoms with Crippen LogP contribution in [0.5, 0.6) is 0 Å². The fraction of sp³-hybridized carbons (Fsp3) is 0.400. The molecule has 0 bridgehead atoms. The predicted octanol–water partition coefficient (Wildman–Crippen LogP) is 2.19. The topological polar surface area (TPSA) is 73.8 Å². The van der Waals surface area contributed by atoms with Gasteiger partial charge in [0.25, 0.3) is 0 Å². The molecule has 1 atom stereocenters. The van der Waals surface area contributed by atoms with Crippen LogP contribution in [0, 0.1) is 12.3 Å².